The number of hydrogen-bond donors (Lipinski definition) is 1. The van der Waals surface area contributed by atoms with Crippen LogP contribution >= 0.6 is 11.3 Å². The highest BCUT2D eigenvalue weighted by Crippen LogP contribution is 2.34. The lowest BCUT2D eigenvalue weighted by molar-refractivity contribution is -0.384. The van der Waals surface area contributed by atoms with E-state index in [1.165, 1.54) is 35.9 Å². The molecular formula is C16H14N4O4S. The molecule has 0 aliphatic carbocycles. The van der Waals surface area contributed by atoms with E-state index >= 15 is 0 Å². The van der Waals surface area contributed by atoms with Gasteiger partial charge in [-0.1, -0.05) is 6.07 Å². The van der Waals surface area contributed by atoms with Crippen LogP contribution in [0, 0.1) is 17.0 Å². The number of nitro groups is 1. The molecule has 2 aromatic heterocycles. The van der Waals surface area contributed by atoms with Crippen LogP contribution in [0.3, 0.4) is 0 Å². The summed E-state index contributed by atoms with van der Waals surface area (Å²) in [5.74, 6) is 0.0825. The van der Waals surface area contributed by atoms with Gasteiger partial charge < -0.3 is 10.1 Å². The smallest absolute Gasteiger partial charge is 0.271 e. The highest BCUT2D eigenvalue weighted by Gasteiger charge is 2.20. The number of amides is 1. The first-order valence-electron chi connectivity index (χ1n) is 7.44. The summed E-state index contributed by atoms with van der Waals surface area (Å²) >= 11 is 1.22. The quantitative estimate of drug-likeness (QED) is 0.552. The average molecular weight is 358 g/mol. The molecule has 0 atom stereocenters. The van der Waals surface area contributed by atoms with Gasteiger partial charge in [-0.25, -0.2) is 9.97 Å². The van der Waals surface area contributed by atoms with Gasteiger partial charge in [-0.2, -0.15) is 0 Å². The summed E-state index contributed by atoms with van der Waals surface area (Å²) in [5.41, 5.74) is 0.981. The topological polar surface area (TPSA) is 107 Å². The summed E-state index contributed by atoms with van der Waals surface area (Å²) in [7, 11) is 0. The molecule has 0 aliphatic heterocycles. The molecule has 0 radical (unpaired) electrons. The maximum atomic E-state index is 12.6. The van der Waals surface area contributed by atoms with Gasteiger partial charge in [0.25, 0.3) is 11.6 Å². The molecular weight excluding hydrogens is 344 g/mol. The van der Waals surface area contributed by atoms with Crippen LogP contribution in [-0.4, -0.2) is 27.4 Å². The number of thiophene rings is 1. The van der Waals surface area contributed by atoms with Gasteiger partial charge in [0, 0.05) is 17.8 Å². The summed E-state index contributed by atoms with van der Waals surface area (Å²) < 4.78 is 5.50. The molecule has 2 heterocycles. The van der Waals surface area contributed by atoms with Crippen LogP contribution in [0.2, 0.25) is 0 Å². The summed E-state index contributed by atoms with van der Waals surface area (Å²) in [6.07, 6.45) is 1.39. The minimum absolute atomic E-state index is 0.0876. The maximum absolute atomic E-state index is 12.6. The molecule has 128 valence electrons. The largest absolute Gasteiger partial charge is 0.477 e. The second-order valence-corrected chi connectivity index (χ2v) is 6.11. The number of nitro benzene ring substituents is 1. The molecule has 1 amide bonds. The SMILES string of the molecule is CCOc1ncnc2sc(C(=O)Nc3cccc([N+](=O)[O-])c3)c(C)c12. The Labute approximate surface area is 146 Å². The number of aromatic nitrogens is 2. The van der Waals surface area contributed by atoms with Crippen molar-refractivity contribution >= 4 is 38.8 Å². The van der Waals surface area contributed by atoms with Crippen molar-refractivity contribution in [1.82, 2.24) is 9.97 Å². The number of carbonyl (C=O) groups is 1. The number of anilines is 1. The van der Waals surface area contributed by atoms with E-state index in [0.717, 1.165) is 0 Å². The Balaban J connectivity index is 1.95. The predicted octanol–water partition coefficient (Wildman–Crippen LogP) is 3.56. The first-order chi connectivity index (χ1) is 12.0. The van der Waals surface area contributed by atoms with E-state index in [9.17, 15) is 14.9 Å². The van der Waals surface area contributed by atoms with Crippen LogP contribution in [0.5, 0.6) is 5.88 Å². The van der Waals surface area contributed by atoms with Crippen LogP contribution in [0.25, 0.3) is 10.2 Å². The lowest BCUT2D eigenvalue weighted by atomic mass is 10.2. The van der Waals surface area contributed by atoms with Crippen LogP contribution in [0.4, 0.5) is 11.4 Å². The Morgan fingerprint density at radius 1 is 1.40 bits per heavy atom. The zero-order valence-corrected chi connectivity index (χ0v) is 14.3. The van der Waals surface area contributed by atoms with E-state index in [-0.39, 0.29) is 11.6 Å². The molecule has 0 aliphatic rings. The number of benzene rings is 1. The van der Waals surface area contributed by atoms with Gasteiger partial charge in [0.05, 0.1) is 21.8 Å². The third-order valence-corrected chi connectivity index (χ3v) is 4.69. The summed E-state index contributed by atoms with van der Waals surface area (Å²) in [4.78, 5) is 32.3. The Hall–Kier alpha value is -3.07. The highest BCUT2D eigenvalue weighted by molar-refractivity contribution is 7.20. The number of rotatable bonds is 5. The Morgan fingerprint density at radius 3 is 2.92 bits per heavy atom. The molecule has 8 nitrogen and oxygen atoms in total. The number of nitrogens with one attached hydrogen (secondary N) is 1. The first-order valence-corrected chi connectivity index (χ1v) is 8.25. The van der Waals surface area contributed by atoms with Crippen molar-refractivity contribution in [3.8, 4) is 5.88 Å². The van der Waals surface area contributed by atoms with Crippen LogP contribution in [0.15, 0.2) is 30.6 Å². The van der Waals surface area contributed by atoms with Crippen LogP contribution in [-0.2, 0) is 0 Å². The van der Waals surface area contributed by atoms with E-state index in [4.69, 9.17) is 4.74 Å². The van der Waals surface area contributed by atoms with Gasteiger partial charge in [-0.15, -0.1) is 11.3 Å². The van der Waals surface area contributed by atoms with Crippen molar-refractivity contribution in [3.63, 3.8) is 0 Å². The molecule has 0 saturated heterocycles. The summed E-state index contributed by atoms with van der Waals surface area (Å²) in [5, 5.41) is 14.2. The number of ether oxygens (including phenoxy) is 1. The van der Waals surface area contributed by atoms with Gasteiger partial charge in [-0.05, 0) is 25.5 Å². The van der Waals surface area contributed by atoms with E-state index < -0.39 is 4.92 Å². The Kier molecular flexibility index (Phi) is 4.57. The van der Waals surface area contributed by atoms with Crippen molar-refractivity contribution in [3.05, 3.63) is 51.1 Å². The van der Waals surface area contributed by atoms with E-state index in [1.54, 1.807) is 13.0 Å². The number of hydrogen-bond acceptors (Lipinski definition) is 7. The number of non-ortho nitro benzene ring substituents is 1. The molecule has 1 N–H and O–H groups in total. The molecule has 9 heteroatoms. The molecule has 1 aromatic carbocycles. The fourth-order valence-electron chi connectivity index (χ4n) is 2.39. The fraction of sp³-hybridized carbons (Fsp3) is 0.188. The molecule has 0 spiro atoms. The van der Waals surface area contributed by atoms with Crippen molar-refractivity contribution in [2.75, 3.05) is 11.9 Å². The van der Waals surface area contributed by atoms with Gasteiger partial charge in [0.15, 0.2) is 0 Å². The van der Waals surface area contributed by atoms with Gasteiger partial charge in [0.1, 0.15) is 11.2 Å². The maximum Gasteiger partial charge on any atom is 0.271 e. The molecule has 3 aromatic rings. The number of aryl methyl sites for hydroxylation is 1. The zero-order chi connectivity index (χ0) is 18.0. The normalized spacial score (nSPS) is 10.6. The third kappa shape index (κ3) is 3.26. The van der Waals surface area contributed by atoms with Gasteiger partial charge in [0.2, 0.25) is 5.88 Å². The van der Waals surface area contributed by atoms with E-state index in [1.807, 2.05) is 6.92 Å². The lowest BCUT2D eigenvalue weighted by Crippen LogP contribution is -2.11. The molecule has 3 rings (SSSR count). The zero-order valence-electron chi connectivity index (χ0n) is 13.5. The molecule has 25 heavy (non-hydrogen) atoms. The van der Waals surface area contributed by atoms with Gasteiger partial charge >= 0.3 is 0 Å². The van der Waals surface area contributed by atoms with Crippen molar-refractivity contribution in [2.24, 2.45) is 0 Å². The third-order valence-electron chi connectivity index (χ3n) is 3.49. The first kappa shape index (κ1) is 16.8. The summed E-state index contributed by atoms with van der Waals surface area (Å²) in [6, 6.07) is 5.79. The molecule has 0 bridgehead atoms. The minimum Gasteiger partial charge on any atom is -0.477 e. The number of fused-ring (bicyclic) bond motifs is 1. The standard InChI is InChI=1S/C16H14N4O4S/c1-3-24-15-12-9(2)13(25-16(12)18-8-17-15)14(21)19-10-5-4-6-11(7-10)20(22)23/h4-8H,3H2,1-2H3,(H,19,21). The van der Waals surface area contributed by atoms with Crippen LogP contribution < -0.4 is 10.1 Å². The predicted molar refractivity (Wildman–Crippen MR) is 94.4 cm³/mol. The lowest BCUT2D eigenvalue weighted by Gasteiger charge is -2.05. The van der Waals surface area contributed by atoms with E-state index in [2.05, 4.69) is 15.3 Å². The highest BCUT2D eigenvalue weighted by atomic mass is 32.1. The monoisotopic (exact) mass is 358 g/mol. The van der Waals surface area contributed by atoms with Crippen molar-refractivity contribution in [1.29, 1.82) is 0 Å². The second kappa shape index (κ2) is 6.81. The Morgan fingerprint density at radius 2 is 2.20 bits per heavy atom. The Bertz CT molecular complexity index is 970. The molecule has 0 unspecified atom stereocenters. The number of nitrogens with zero attached hydrogens (tertiary/aromatic N) is 3. The molecule has 0 fully saturated rings. The average Bonchev–Trinajstić information content (AvgIpc) is 2.93. The van der Waals surface area contributed by atoms with Gasteiger partial charge in [-0.3, -0.25) is 14.9 Å². The second-order valence-electron chi connectivity index (χ2n) is 5.11. The van der Waals surface area contributed by atoms with Crippen molar-refractivity contribution in [2.45, 2.75) is 13.8 Å². The fourth-order valence-corrected chi connectivity index (χ4v) is 3.42. The van der Waals surface area contributed by atoms with Crippen LogP contribution in [0.1, 0.15) is 22.2 Å². The van der Waals surface area contributed by atoms with Crippen molar-refractivity contribution < 1.29 is 14.5 Å². The molecule has 0 saturated carbocycles. The number of carbonyl (C=O) groups excluding carboxylic acids is 1. The summed E-state index contributed by atoms with van der Waals surface area (Å²) in [6.45, 7) is 4.11. The minimum atomic E-state index is -0.510. The van der Waals surface area contributed by atoms with E-state index in [0.29, 0.717) is 38.8 Å².